The van der Waals surface area contributed by atoms with Crippen LogP contribution in [0.25, 0.3) is 11.1 Å². The molecule has 0 bridgehead atoms. The Labute approximate surface area is 74.7 Å². The van der Waals surface area contributed by atoms with E-state index in [4.69, 9.17) is 5.73 Å². The summed E-state index contributed by atoms with van der Waals surface area (Å²) in [5, 5.41) is 4.09. The Kier molecular flexibility index (Phi) is 1.80. The number of nitrogens with zero attached hydrogens (tertiary/aromatic N) is 1. The van der Waals surface area contributed by atoms with Crippen molar-refractivity contribution in [2.24, 2.45) is 0 Å². The first-order valence-electron chi connectivity index (χ1n) is 3.61. The molecule has 2 nitrogen and oxygen atoms in total. The van der Waals surface area contributed by atoms with E-state index in [0.717, 1.165) is 11.1 Å². The van der Waals surface area contributed by atoms with Crippen molar-refractivity contribution in [2.45, 2.75) is 0 Å². The third kappa shape index (κ3) is 1.19. The van der Waals surface area contributed by atoms with Crippen molar-refractivity contribution >= 4 is 17.2 Å². The largest absolute Gasteiger partial charge is 0.383 e. The summed E-state index contributed by atoms with van der Waals surface area (Å²) >= 11 is 1.66. The third-order valence-corrected chi connectivity index (χ3v) is 2.35. The zero-order valence-corrected chi connectivity index (χ0v) is 7.21. The molecule has 0 amide bonds. The molecule has 12 heavy (non-hydrogen) atoms. The van der Waals surface area contributed by atoms with Gasteiger partial charge in [-0.05, 0) is 34.5 Å². The Hall–Kier alpha value is -1.35. The molecular weight excluding hydrogens is 168 g/mol. The highest BCUT2D eigenvalue weighted by Crippen LogP contribution is 2.25. The van der Waals surface area contributed by atoms with Crippen molar-refractivity contribution in [3.05, 3.63) is 35.2 Å². The van der Waals surface area contributed by atoms with Crippen molar-refractivity contribution in [3.63, 3.8) is 0 Å². The maximum absolute atomic E-state index is 5.71. The highest BCUT2D eigenvalue weighted by molar-refractivity contribution is 7.08. The molecular formula is C9H8N2S. The monoisotopic (exact) mass is 176 g/mol. The summed E-state index contributed by atoms with van der Waals surface area (Å²) in [6.45, 7) is 0. The summed E-state index contributed by atoms with van der Waals surface area (Å²) in [4.78, 5) is 4.02. The van der Waals surface area contributed by atoms with Gasteiger partial charge in [0.1, 0.15) is 5.82 Å². The van der Waals surface area contributed by atoms with Gasteiger partial charge in [0.25, 0.3) is 0 Å². The van der Waals surface area contributed by atoms with Crippen LogP contribution in [-0.4, -0.2) is 4.98 Å². The molecule has 0 atom stereocenters. The molecule has 0 saturated carbocycles. The van der Waals surface area contributed by atoms with Crippen molar-refractivity contribution in [1.29, 1.82) is 0 Å². The fourth-order valence-electron chi connectivity index (χ4n) is 1.08. The third-order valence-electron chi connectivity index (χ3n) is 1.67. The first-order valence-corrected chi connectivity index (χ1v) is 4.55. The van der Waals surface area contributed by atoms with Gasteiger partial charge in [-0.2, -0.15) is 11.3 Å². The number of nitrogens with two attached hydrogens (primary N) is 1. The number of nitrogen functional groups attached to an aromatic ring is 1. The Morgan fingerprint density at radius 1 is 1.33 bits per heavy atom. The van der Waals surface area contributed by atoms with Crippen LogP contribution in [0.3, 0.4) is 0 Å². The summed E-state index contributed by atoms with van der Waals surface area (Å²) in [6.07, 6.45) is 1.70. The quantitative estimate of drug-likeness (QED) is 0.724. The maximum Gasteiger partial charge on any atom is 0.131 e. The molecule has 0 spiro atoms. The van der Waals surface area contributed by atoms with Gasteiger partial charge in [-0.3, -0.25) is 0 Å². The van der Waals surface area contributed by atoms with Gasteiger partial charge >= 0.3 is 0 Å². The van der Waals surface area contributed by atoms with Crippen LogP contribution in [0.2, 0.25) is 0 Å². The predicted octanol–water partition coefficient (Wildman–Crippen LogP) is 2.39. The molecule has 2 aromatic rings. The smallest absolute Gasteiger partial charge is 0.131 e. The lowest BCUT2D eigenvalue weighted by atomic mass is 10.1. The van der Waals surface area contributed by atoms with Crippen LogP contribution in [0, 0.1) is 0 Å². The Morgan fingerprint density at radius 3 is 2.92 bits per heavy atom. The standard InChI is InChI=1S/C9H8N2S/c10-9-8(2-1-4-11-9)7-3-5-12-6-7/h1-6H,(H2,10,11). The lowest BCUT2D eigenvalue weighted by Gasteiger charge is -1.99. The predicted molar refractivity (Wildman–Crippen MR) is 52.0 cm³/mol. The SMILES string of the molecule is Nc1ncccc1-c1ccsc1. The second-order valence-electron chi connectivity index (χ2n) is 2.45. The highest BCUT2D eigenvalue weighted by atomic mass is 32.1. The second kappa shape index (κ2) is 2.95. The zero-order chi connectivity index (χ0) is 8.39. The Morgan fingerprint density at radius 2 is 2.25 bits per heavy atom. The molecule has 0 aromatic carbocycles. The van der Waals surface area contributed by atoms with Gasteiger partial charge < -0.3 is 5.73 Å². The molecule has 0 aliphatic heterocycles. The van der Waals surface area contributed by atoms with Crippen molar-refractivity contribution < 1.29 is 0 Å². The topological polar surface area (TPSA) is 38.9 Å². The van der Waals surface area contributed by atoms with Crippen LogP contribution >= 0.6 is 11.3 Å². The summed E-state index contributed by atoms with van der Waals surface area (Å²) in [7, 11) is 0. The van der Waals surface area contributed by atoms with E-state index < -0.39 is 0 Å². The number of aromatic nitrogens is 1. The second-order valence-corrected chi connectivity index (χ2v) is 3.23. The number of thiophene rings is 1. The van der Waals surface area contributed by atoms with Crippen molar-refractivity contribution in [2.75, 3.05) is 5.73 Å². The Bertz CT molecular complexity index is 368. The number of rotatable bonds is 1. The van der Waals surface area contributed by atoms with Crippen LogP contribution in [0.5, 0.6) is 0 Å². The summed E-state index contributed by atoms with van der Waals surface area (Å²) in [5.74, 6) is 0.593. The minimum absolute atomic E-state index is 0.593. The molecule has 2 rings (SSSR count). The van der Waals surface area contributed by atoms with Gasteiger partial charge in [0, 0.05) is 11.8 Å². The molecule has 60 valence electrons. The van der Waals surface area contributed by atoms with Gasteiger partial charge in [0.05, 0.1) is 0 Å². The summed E-state index contributed by atoms with van der Waals surface area (Å²) < 4.78 is 0. The molecule has 3 heteroatoms. The molecule has 0 aliphatic rings. The molecule has 2 heterocycles. The average molecular weight is 176 g/mol. The fourth-order valence-corrected chi connectivity index (χ4v) is 1.74. The van der Waals surface area contributed by atoms with Gasteiger partial charge in [0.2, 0.25) is 0 Å². The molecule has 0 fully saturated rings. The van der Waals surface area contributed by atoms with E-state index in [2.05, 4.69) is 10.4 Å². The first-order chi connectivity index (χ1) is 5.88. The van der Waals surface area contributed by atoms with E-state index in [1.165, 1.54) is 0 Å². The lowest BCUT2D eigenvalue weighted by molar-refractivity contribution is 1.34. The number of anilines is 1. The van der Waals surface area contributed by atoms with Crippen LogP contribution < -0.4 is 5.73 Å². The van der Waals surface area contributed by atoms with E-state index in [1.54, 1.807) is 17.5 Å². The fraction of sp³-hybridized carbons (Fsp3) is 0. The lowest BCUT2D eigenvalue weighted by Crippen LogP contribution is -1.91. The van der Waals surface area contributed by atoms with Crippen LogP contribution in [0.4, 0.5) is 5.82 Å². The van der Waals surface area contributed by atoms with E-state index in [1.807, 2.05) is 23.6 Å². The van der Waals surface area contributed by atoms with E-state index in [0.29, 0.717) is 5.82 Å². The minimum atomic E-state index is 0.593. The van der Waals surface area contributed by atoms with Crippen molar-refractivity contribution in [1.82, 2.24) is 4.98 Å². The molecule has 0 unspecified atom stereocenters. The van der Waals surface area contributed by atoms with Gasteiger partial charge in [0.15, 0.2) is 0 Å². The molecule has 0 saturated heterocycles. The van der Waals surface area contributed by atoms with E-state index >= 15 is 0 Å². The normalized spacial score (nSPS) is 10.0. The van der Waals surface area contributed by atoms with Crippen LogP contribution in [0.15, 0.2) is 35.2 Å². The van der Waals surface area contributed by atoms with Crippen molar-refractivity contribution in [3.8, 4) is 11.1 Å². The number of hydrogen-bond donors (Lipinski definition) is 1. The first kappa shape index (κ1) is 7.31. The minimum Gasteiger partial charge on any atom is -0.383 e. The number of hydrogen-bond acceptors (Lipinski definition) is 3. The van der Waals surface area contributed by atoms with Crippen LogP contribution in [0.1, 0.15) is 0 Å². The van der Waals surface area contributed by atoms with Gasteiger partial charge in [-0.15, -0.1) is 0 Å². The van der Waals surface area contributed by atoms with Gasteiger partial charge in [-0.1, -0.05) is 0 Å². The van der Waals surface area contributed by atoms with Gasteiger partial charge in [-0.25, -0.2) is 4.98 Å². The molecule has 2 aromatic heterocycles. The maximum atomic E-state index is 5.71. The number of pyridine rings is 1. The summed E-state index contributed by atoms with van der Waals surface area (Å²) in [6, 6.07) is 5.91. The summed E-state index contributed by atoms with van der Waals surface area (Å²) in [5.41, 5.74) is 7.86. The highest BCUT2D eigenvalue weighted by Gasteiger charge is 2.01. The van der Waals surface area contributed by atoms with Crippen LogP contribution in [-0.2, 0) is 0 Å². The molecule has 2 N–H and O–H groups in total. The Balaban J connectivity index is 2.55. The van der Waals surface area contributed by atoms with E-state index in [-0.39, 0.29) is 0 Å². The molecule has 0 aliphatic carbocycles. The van der Waals surface area contributed by atoms with E-state index in [9.17, 15) is 0 Å². The average Bonchev–Trinajstić information content (AvgIpc) is 2.57. The zero-order valence-electron chi connectivity index (χ0n) is 6.40. The molecule has 0 radical (unpaired) electrons.